The summed E-state index contributed by atoms with van der Waals surface area (Å²) in [6.45, 7) is 2.20. The van der Waals surface area contributed by atoms with Crippen LogP contribution in [0.25, 0.3) is 0 Å². The van der Waals surface area contributed by atoms with Crippen molar-refractivity contribution in [3.63, 3.8) is 0 Å². The van der Waals surface area contributed by atoms with Crippen molar-refractivity contribution in [2.24, 2.45) is 0 Å². The third kappa shape index (κ3) is 2.60. The Morgan fingerprint density at radius 3 is 2.55 bits per heavy atom. The average Bonchev–Trinajstić information content (AvgIpc) is 2.50. The van der Waals surface area contributed by atoms with E-state index in [1.54, 1.807) is 13.0 Å². The van der Waals surface area contributed by atoms with Crippen LogP contribution in [-0.2, 0) is 16.4 Å². The molecule has 0 spiro atoms. The third-order valence-corrected chi connectivity index (χ3v) is 6.53. The molecule has 0 fully saturated rings. The summed E-state index contributed by atoms with van der Waals surface area (Å²) < 4.78 is 27.6. The lowest BCUT2D eigenvalue weighted by atomic mass is 10.0. The molecule has 0 aliphatic carbocycles. The van der Waals surface area contributed by atoms with Gasteiger partial charge in [0.1, 0.15) is 0 Å². The summed E-state index contributed by atoms with van der Waals surface area (Å²) in [5, 5.41) is 0.605. The first-order valence-electron chi connectivity index (χ1n) is 6.97. The average molecular weight is 356 g/mol. The topological polar surface area (TPSA) is 37.4 Å². The second-order valence-corrected chi connectivity index (χ2v) is 7.99. The highest BCUT2D eigenvalue weighted by molar-refractivity contribution is 7.92. The maximum absolute atomic E-state index is 13.1. The molecule has 1 aliphatic rings. The van der Waals surface area contributed by atoms with E-state index in [1.165, 1.54) is 10.4 Å². The molecule has 3 rings (SSSR count). The van der Waals surface area contributed by atoms with Crippen LogP contribution >= 0.6 is 23.2 Å². The first-order valence-corrected chi connectivity index (χ1v) is 9.17. The zero-order valence-electron chi connectivity index (χ0n) is 12.0. The molecule has 2 aromatic rings. The third-order valence-electron chi connectivity index (χ3n) is 3.85. The van der Waals surface area contributed by atoms with E-state index in [1.807, 2.05) is 24.3 Å². The van der Waals surface area contributed by atoms with Gasteiger partial charge in [0.05, 0.1) is 20.6 Å². The first kappa shape index (κ1) is 15.7. The largest absolute Gasteiger partial charge is 0.266 e. The Bertz CT molecular complexity index is 834. The number of rotatable bonds is 2. The summed E-state index contributed by atoms with van der Waals surface area (Å²) in [5.74, 6) is 0. The molecule has 1 aliphatic heterocycles. The van der Waals surface area contributed by atoms with Crippen molar-refractivity contribution in [1.82, 2.24) is 0 Å². The number of aryl methyl sites for hydroxylation is 2. The number of sulfonamides is 1. The lowest BCUT2D eigenvalue weighted by Crippen LogP contribution is -2.35. The van der Waals surface area contributed by atoms with Crippen molar-refractivity contribution in [3.8, 4) is 0 Å². The summed E-state index contributed by atoms with van der Waals surface area (Å²) in [4.78, 5) is 0.207. The molecule has 0 bridgehead atoms. The van der Waals surface area contributed by atoms with Crippen LogP contribution in [0.5, 0.6) is 0 Å². The molecule has 116 valence electrons. The molecule has 3 nitrogen and oxygen atoms in total. The van der Waals surface area contributed by atoms with Crippen LogP contribution in [0, 0.1) is 6.92 Å². The Morgan fingerprint density at radius 1 is 1.09 bits per heavy atom. The van der Waals surface area contributed by atoms with Crippen molar-refractivity contribution >= 4 is 38.9 Å². The van der Waals surface area contributed by atoms with Crippen molar-refractivity contribution in [1.29, 1.82) is 0 Å². The zero-order chi connectivity index (χ0) is 15.9. The number of anilines is 1. The molecule has 0 aromatic heterocycles. The van der Waals surface area contributed by atoms with E-state index in [0.29, 0.717) is 17.1 Å². The van der Waals surface area contributed by atoms with Crippen LogP contribution in [0.2, 0.25) is 10.0 Å². The number of benzene rings is 2. The number of nitrogens with zero attached hydrogens (tertiary/aromatic N) is 1. The van der Waals surface area contributed by atoms with E-state index < -0.39 is 10.0 Å². The van der Waals surface area contributed by atoms with Crippen molar-refractivity contribution in [2.45, 2.75) is 24.7 Å². The highest BCUT2D eigenvalue weighted by atomic mass is 35.5. The lowest BCUT2D eigenvalue weighted by Gasteiger charge is -2.31. The molecular formula is C16H15Cl2NO2S. The van der Waals surface area contributed by atoms with Crippen LogP contribution in [-0.4, -0.2) is 15.0 Å². The molecule has 0 saturated heterocycles. The van der Waals surface area contributed by atoms with Crippen molar-refractivity contribution in [2.75, 3.05) is 10.8 Å². The Kier molecular flexibility index (Phi) is 4.10. The van der Waals surface area contributed by atoms with Crippen LogP contribution in [0.4, 0.5) is 5.69 Å². The fourth-order valence-electron chi connectivity index (χ4n) is 2.77. The van der Waals surface area contributed by atoms with Gasteiger partial charge in [0.25, 0.3) is 10.0 Å². The molecule has 0 N–H and O–H groups in total. The number of hydrogen-bond acceptors (Lipinski definition) is 2. The van der Waals surface area contributed by atoms with E-state index in [2.05, 4.69) is 0 Å². The Hall–Kier alpha value is -1.23. The summed E-state index contributed by atoms with van der Waals surface area (Å²) in [5.41, 5.74) is 2.40. The summed E-state index contributed by atoms with van der Waals surface area (Å²) in [7, 11) is -3.66. The van der Waals surface area contributed by atoms with Gasteiger partial charge in [0, 0.05) is 6.54 Å². The van der Waals surface area contributed by atoms with E-state index in [9.17, 15) is 8.42 Å². The Balaban J connectivity index is 2.14. The van der Waals surface area contributed by atoms with Gasteiger partial charge in [0.2, 0.25) is 0 Å². The maximum atomic E-state index is 13.1. The second-order valence-electron chi connectivity index (χ2n) is 5.34. The van der Waals surface area contributed by atoms with Gasteiger partial charge in [-0.25, -0.2) is 8.42 Å². The number of hydrogen-bond donors (Lipinski definition) is 0. The van der Waals surface area contributed by atoms with Crippen LogP contribution in [0.15, 0.2) is 41.3 Å². The highest BCUT2D eigenvalue weighted by Crippen LogP contribution is 2.35. The minimum absolute atomic E-state index is 0.207. The van der Waals surface area contributed by atoms with Gasteiger partial charge in [-0.15, -0.1) is 0 Å². The normalized spacial score (nSPS) is 14.8. The van der Waals surface area contributed by atoms with Crippen molar-refractivity contribution < 1.29 is 8.42 Å². The Morgan fingerprint density at radius 2 is 1.77 bits per heavy atom. The number of para-hydroxylation sites is 1. The van der Waals surface area contributed by atoms with Gasteiger partial charge in [-0.1, -0.05) is 41.4 Å². The fraction of sp³-hybridized carbons (Fsp3) is 0.250. The molecular weight excluding hydrogens is 341 g/mol. The SMILES string of the molecule is Cc1cc(Cl)c(Cl)cc1S(=O)(=O)N1CCCc2ccccc21. The number of fused-ring (bicyclic) bond motifs is 1. The monoisotopic (exact) mass is 355 g/mol. The standard InChI is InChI=1S/C16H15Cl2NO2S/c1-11-9-13(17)14(18)10-16(11)22(20,21)19-8-4-6-12-5-2-3-7-15(12)19/h2-3,5,7,9-10H,4,6,8H2,1H3. The first-order chi connectivity index (χ1) is 10.4. The van der Waals surface area contributed by atoms with E-state index in [0.717, 1.165) is 24.1 Å². The van der Waals surface area contributed by atoms with Gasteiger partial charge < -0.3 is 0 Å². The Labute approximate surface area is 140 Å². The predicted molar refractivity (Wildman–Crippen MR) is 90.5 cm³/mol. The van der Waals surface area contributed by atoms with Crippen LogP contribution in [0.1, 0.15) is 17.5 Å². The molecule has 0 saturated carbocycles. The van der Waals surface area contributed by atoms with E-state index in [-0.39, 0.29) is 9.92 Å². The van der Waals surface area contributed by atoms with Crippen LogP contribution < -0.4 is 4.31 Å². The molecule has 2 aromatic carbocycles. The molecule has 0 unspecified atom stereocenters. The molecule has 0 atom stereocenters. The van der Waals surface area contributed by atoms with Gasteiger partial charge in [0.15, 0.2) is 0 Å². The number of halogens is 2. The van der Waals surface area contributed by atoms with E-state index in [4.69, 9.17) is 23.2 Å². The second kappa shape index (κ2) is 5.76. The molecule has 6 heteroatoms. The highest BCUT2D eigenvalue weighted by Gasteiger charge is 2.30. The quantitative estimate of drug-likeness (QED) is 0.798. The minimum atomic E-state index is -3.66. The predicted octanol–water partition coefficient (Wildman–Crippen LogP) is 4.44. The lowest BCUT2D eigenvalue weighted by molar-refractivity contribution is 0.586. The maximum Gasteiger partial charge on any atom is 0.264 e. The van der Waals surface area contributed by atoms with E-state index >= 15 is 0 Å². The summed E-state index contributed by atoms with van der Waals surface area (Å²) in [6.07, 6.45) is 1.69. The summed E-state index contributed by atoms with van der Waals surface area (Å²) >= 11 is 12.0. The molecule has 1 heterocycles. The smallest absolute Gasteiger partial charge is 0.264 e. The molecule has 0 amide bonds. The summed E-state index contributed by atoms with van der Waals surface area (Å²) in [6, 6.07) is 10.6. The molecule has 0 radical (unpaired) electrons. The van der Waals surface area contributed by atoms with Crippen LogP contribution in [0.3, 0.4) is 0 Å². The van der Waals surface area contributed by atoms with Gasteiger partial charge in [-0.2, -0.15) is 0 Å². The minimum Gasteiger partial charge on any atom is -0.266 e. The fourth-order valence-corrected chi connectivity index (χ4v) is 5.00. The van der Waals surface area contributed by atoms with Gasteiger partial charge in [-0.3, -0.25) is 4.31 Å². The molecule has 22 heavy (non-hydrogen) atoms. The van der Waals surface area contributed by atoms with Gasteiger partial charge in [-0.05, 0) is 49.1 Å². The van der Waals surface area contributed by atoms with Crippen molar-refractivity contribution in [3.05, 3.63) is 57.6 Å². The van der Waals surface area contributed by atoms with Gasteiger partial charge >= 0.3 is 0 Å². The zero-order valence-corrected chi connectivity index (χ0v) is 14.3.